The molecule has 3 saturated heterocycles. The van der Waals surface area contributed by atoms with Gasteiger partial charge in [0, 0.05) is 56.7 Å². The lowest BCUT2D eigenvalue weighted by Crippen LogP contribution is -2.54. The van der Waals surface area contributed by atoms with Crippen molar-refractivity contribution in [2.45, 2.75) is 82.8 Å². The molecule has 40 heavy (non-hydrogen) atoms. The van der Waals surface area contributed by atoms with Gasteiger partial charge in [-0.25, -0.2) is 4.99 Å². The SMILES string of the molecule is C=C(NC[C@@H]1CCC[C@H](c2cccc(C)c2)O1)/C(C)=C(\N=C/N)C(=O)N1CCC(N[C@H]2CCOCC2OC)CC1. The Hall–Kier alpha value is -2.72. The smallest absolute Gasteiger partial charge is 0.272 e. The fourth-order valence-corrected chi connectivity index (χ4v) is 5.90. The molecule has 3 fully saturated rings. The van der Waals surface area contributed by atoms with Gasteiger partial charge in [-0.05, 0) is 57.9 Å². The third kappa shape index (κ3) is 7.94. The van der Waals surface area contributed by atoms with Gasteiger partial charge in [0.15, 0.2) is 0 Å². The van der Waals surface area contributed by atoms with Crippen molar-refractivity contribution in [2.24, 2.45) is 10.7 Å². The predicted molar refractivity (Wildman–Crippen MR) is 158 cm³/mol. The summed E-state index contributed by atoms with van der Waals surface area (Å²) in [5.74, 6) is -0.116. The molecule has 1 unspecified atom stereocenters. The Morgan fingerprint density at radius 2 is 2.05 bits per heavy atom. The van der Waals surface area contributed by atoms with Crippen LogP contribution in [-0.2, 0) is 19.0 Å². The third-order valence-corrected chi connectivity index (χ3v) is 8.36. The van der Waals surface area contributed by atoms with Gasteiger partial charge >= 0.3 is 0 Å². The number of hydrogen-bond donors (Lipinski definition) is 3. The molecule has 9 heteroatoms. The number of likely N-dealkylation sites (tertiary alicyclic amines) is 1. The molecule has 3 heterocycles. The molecule has 0 saturated carbocycles. The number of aliphatic imine (C=N–C) groups is 1. The normalized spacial score (nSPS) is 26.9. The Labute approximate surface area is 239 Å². The largest absolute Gasteiger partial charge is 0.390 e. The maximum atomic E-state index is 13.5. The maximum Gasteiger partial charge on any atom is 0.272 e. The first-order valence-corrected chi connectivity index (χ1v) is 14.7. The highest BCUT2D eigenvalue weighted by Crippen LogP contribution is 2.31. The summed E-state index contributed by atoms with van der Waals surface area (Å²) in [6, 6.07) is 9.16. The van der Waals surface area contributed by atoms with Gasteiger partial charge < -0.3 is 35.5 Å². The summed E-state index contributed by atoms with van der Waals surface area (Å²) in [7, 11) is 1.73. The van der Waals surface area contributed by atoms with Crippen LogP contribution in [0.4, 0.5) is 0 Å². The summed E-state index contributed by atoms with van der Waals surface area (Å²) in [5, 5.41) is 7.14. The summed E-state index contributed by atoms with van der Waals surface area (Å²) in [4.78, 5) is 19.6. The average molecular weight is 554 g/mol. The second-order valence-corrected chi connectivity index (χ2v) is 11.2. The summed E-state index contributed by atoms with van der Waals surface area (Å²) in [5.41, 5.74) is 9.83. The Bertz CT molecular complexity index is 1070. The van der Waals surface area contributed by atoms with Crippen LogP contribution in [0.2, 0.25) is 0 Å². The number of benzene rings is 1. The van der Waals surface area contributed by atoms with E-state index in [1.54, 1.807) is 7.11 Å². The Balaban J connectivity index is 1.30. The topological polar surface area (TPSA) is 110 Å². The van der Waals surface area contributed by atoms with Gasteiger partial charge in [0.25, 0.3) is 5.91 Å². The number of carbonyl (C=O) groups excluding carboxylic acids is 1. The Kier molecular flexibility index (Phi) is 11.2. The standard InChI is InChI=1S/C31H47N5O4/c1-21-7-5-8-24(17-21)28-10-6-9-26(40-28)18-33-23(3)22(2)30(34-20-32)31(37)36-14-11-25(12-15-36)35-27-13-16-39-19-29(27)38-4/h5,7-8,17,20,25-29,33,35H,3,6,9-16,18-19H2,1-2,4H3,(H2,32,34)/b30-22-/t26-,27-,28+,29?/m0/s1. The zero-order valence-corrected chi connectivity index (χ0v) is 24.4. The van der Waals surface area contributed by atoms with Crippen molar-refractivity contribution in [1.29, 1.82) is 0 Å². The molecule has 1 amide bonds. The van der Waals surface area contributed by atoms with Gasteiger partial charge in [-0.2, -0.15) is 0 Å². The van der Waals surface area contributed by atoms with Crippen LogP contribution in [-0.4, -0.2) is 81.4 Å². The number of nitrogens with two attached hydrogens (primary N) is 1. The van der Waals surface area contributed by atoms with Gasteiger partial charge in [0.2, 0.25) is 0 Å². The molecule has 3 aliphatic heterocycles. The van der Waals surface area contributed by atoms with Crippen molar-refractivity contribution in [3.8, 4) is 0 Å². The van der Waals surface area contributed by atoms with Crippen LogP contribution in [0.3, 0.4) is 0 Å². The van der Waals surface area contributed by atoms with E-state index < -0.39 is 0 Å². The highest BCUT2D eigenvalue weighted by atomic mass is 16.5. The van der Waals surface area contributed by atoms with Crippen molar-refractivity contribution in [3.63, 3.8) is 0 Å². The molecule has 9 nitrogen and oxygen atoms in total. The number of aryl methyl sites for hydroxylation is 1. The van der Waals surface area contributed by atoms with Crippen molar-refractivity contribution >= 4 is 12.2 Å². The van der Waals surface area contributed by atoms with Gasteiger partial charge in [0.1, 0.15) is 5.70 Å². The number of allylic oxidation sites excluding steroid dienone is 1. The fraction of sp³-hybridized carbons (Fsp3) is 0.613. The lowest BCUT2D eigenvalue weighted by atomic mass is 9.97. The van der Waals surface area contributed by atoms with E-state index in [2.05, 4.69) is 53.4 Å². The second kappa shape index (κ2) is 14.8. The van der Waals surface area contributed by atoms with Crippen molar-refractivity contribution in [1.82, 2.24) is 15.5 Å². The first-order valence-electron chi connectivity index (χ1n) is 14.7. The molecule has 220 valence electrons. The molecule has 0 spiro atoms. The summed E-state index contributed by atoms with van der Waals surface area (Å²) >= 11 is 0. The molecule has 4 N–H and O–H groups in total. The maximum absolute atomic E-state index is 13.5. The molecule has 0 bridgehead atoms. The summed E-state index contributed by atoms with van der Waals surface area (Å²) in [6.45, 7) is 11.5. The fourth-order valence-electron chi connectivity index (χ4n) is 5.90. The van der Waals surface area contributed by atoms with Crippen molar-refractivity contribution < 1.29 is 19.0 Å². The molecule has 4 rings (SSSR count). The summed E-state index contributed by atoms with van der Waals surface area (Å²) < 4.78 is 17.6. The van der Waals surface area contributed by atoms with E-state index in [1.165, 1.54) is 17.5 Å². The lowest BCUT2D eigenvalue weighted by molar-refractivity contribution is -0.128. The highest BCUT2D eigenvalue weighted by molar-refractivity contribution is 5.95. The number of nitrogens with one attached hydrogen (secondary N) is 2. The number of methoxy groups -OCH3 is 1. The minimum absolute atomic E-state index is 0.0652. The van der Waals surface area contributed by atoms with E-state index in [9.17, 15) is 4.79 Å². The molecule has 4 atom stereocenters. The van der Waals surface area contributed by atoms with Gasteiger partial charge in [-0.3, -0.25) is 4.79 Å². The van der Waals surface area contributed by atoms with Crippen LogP contribution in [0, 0.1) is 6.92 Å². The summed E-state index contributed by atoms with van der Waals surface area (Å²) in [6.07, 6.45) is 7.23. The van der Waals surface area contributed by atoms with E-state index in [-0.39, 0.29) is 30.3 Å². The van der Waals surface area contributed by atoms with Crippen LogP contribution in [0.15, 0.2) is 52.8 Å². The average Bonchev–Trinajstić information content (AvgIpc) is 2.99. The Morgan fingerprint density at radius 3 is 2.77 bits per heavy atom. The lowest BCUT2D eigenvalue weighted by Gasteiger charge is -2.38. The van der Waals surface area contributed by atoms with Crippen LogP contribution in [0.1, 0.15) is 62.7 Å². The van der Waals surface area contributed by atoms with Gasteiger partial charge in [0.05, 0.1) is 31.3 Å². The van der Waals surface area contributed by atoms with Crippen LogP contribution in [0.25, 0.3) is 0 Å². The second-order valence-electron chi connectivity index (χ2n) is 11.2. The molecule has 0 aromatic heterocycles. The van der Waals surface area contributed by atoms with Gasteiger partial charge in [-0.1, -0.05) is 36.4 Å². The molecule has 1 aromatic carbocycles. The van der Waals surface area contributed by atoms with E-state index in [0.29, 0.717) is 49.3 Å². The van der Waals surface area contributed by atoms with Crippen molar-refractivity contribution in [3.05, 3.63) is 58.9 Å². The third-order valence-electron chi connectivity index (χ3n) is 8.36. The Morgan fingerprint density at radius 1 is 1.25 bits per heavy atom. The van der Waals surface area contributed by atoms with Crippen LogP contribution >= 0.6 is 0 Å². The zero-order valence-electron chi connectivity index (χ0n) is 24.4. The molecule has 0 radical (unpaired) electrons. The molecular weight excluding hydrogens is 506 g/mol. The van der Waals surface area contributed by atoms with Gasteiger partial charge in [-0.15, -0.1) is 0 Å². The number of carbonyl (C=O) groups is 1. The number of piperidine rings is 1. The minimum atomic E-state index is -0.116. The monoisotopic (exact) mass is 553 g/mol. The first-order chi connectivity index (χ1) is 19.4. The minimum Gasteiger partial charge on any atom is -0.390 e. The molecule has 0 aliphatic carbocycles. The first kappa shape index (κ1) is 30.2. The number of amides is 1. The van der Waals surface area contributed by atoms with Crippen LogP contribution < -0.4 is 16.4 Å². The van der Waals surface area contributed by atoms with E-state index >= 15 is 0 Å². The number of rotatable bonds is 10. The van der Waals surface area contributed by atoms with Crippen molar-refractivity contribution in [2.75, 3.05) is 40.0 Å². The van der Waals surface area contributed by atoms with E-state index in [4.69, 9.17) is 19.9 Å². The van der Waals surface area contributed by atoms with E-state index in [0.717, 1.165) is 45.1 Å². The van der Waals surface area contributed by atoms with Crippen LogP contribution in [0.5, 0.6) is 0 Å². The number of nitrogens with zero attached hydrogens (tertiary/aromatic N) is 2. The molecule has 1 aromatic rings. The molecule has 3 aliphatic rings. The zero-order chi connectivity index (χ0) is 28.5. The predicted octanol–water partition coefficient (Wildman–Crippen LogP) is 3.35. The quantitative estimate of drug-likeness (QED) is 0.176. The van der Waals surface area contributed by atoms with E-state index in [1.807, 2.05) is 11.8 Å². The number of hydrogen-bond acceptors (Lipinski definition) is 7. The molecular formula is C31H47N5O4. The highest BCUT2D eigenvalue weighted by Gasteiger charge is 2.31. The number of ether oxygens (including phenoxy) is 3.